The van der Waals surface area contributed by atoms with Gasteiger partial charge in [0.15, 0.2) is 5.69 Å². The van der Waals surface area contributed by atoms with Crippen molar-refractivity contribution in [2.75, 3.05) is 13.7 Å². The zero-order chi connectivity index (χ0) is 24.0. The van der Waals surface area contributed by atoms with Crippen molar-refractivity contribution in [3.8, 4) is 38.9 Å². The topological polar surface area (TPSA) is 65.4 Å². The van der Waals surface area contributed by atoms with Crippen molar-refractivity contribution in [3.05, 3.63) is 57.2 Å². The van der Waals surface area contributed by atoms with Gasteiger partial charge in [-0.25, -0.2) is 4.68 Å². The van der Waals surface area contributed by atoms with Crippen molar-refractivity contribution >= 4 is 28.6 Å². The lowest BCUT2D eigenvalue weighted by Gasteiger charge is -2.22. The number of hydrogen-bond donors (Lipinski definition) is 1. The number of aryl methyl sites for hydroxylation is 1. The van der Waals surface area contributed by atoms with E-state index in [9.17, 15) is 4.79 Å². The maximum absolute atomic E-state index is 13.2. The number of nitrogens with zero attached hydrogens (tertiary/aromatic N) is 2. The number of amides is 1. The van der Waals surface area contributed by atoms with Crippen LogP contribution < -0.4 is 14.8 Å². The molecular weight excluding hydrogens is 466 g/mol. The van der Waals surface area contributed by atoms with Gasteiger partial charge in [0.25, 0.3) is 5.91 Å². The second-order valence-electron chi connectivity index (χ2n) is 9.56. The molecule has 0 aliphatic carbocycles. The van der Waals surface area contributed by atoms with Crippen molar-refractivity contribution in [3.63, 3.8) is 0 Å². The summed E-state index contributed by atoms with van der Waals surface area (Å²) in [5, 5.41) is 11.9. The van der Waals surface area contributed by atoms with Gasteiger partial charge in [0.05, 0.1) is 18.5 Å². The van der Waals surface area contributed by atoms with Crippen LogP contribution in [0.15, 0.2) is 41.1 Å². The monoisotopic (exact) mass is 493 g/mol. The van der Waals surface area contributed by atoms with Gasteiger partial charge in [-0.1, -0.05) is 20.8 Å². The van der Waals surface area contributed by atoms with Crippen LogP contribution in [0.4, 0.5) is 0 Å². The van der Waals surface area contributed by atoms with Gasteiger partial charge in [-0.15, -0.1) is 11.3 Å². The minimum absolute atomic E-state index is 0.0287. The van der Waals surface area contributed by atoms with E-state index in [1.807, 2.05) is 27.6 Å². The molecule has 4 heterocycles. The van der Waals surface area contributed by atoms with Crippen molar-refractivity contribution in [2.45, 2.75) is 34.3 Å². The summed E-state index contributed by atoms with van der Waals surface area (Å²) in [7, 11) is 1.67. The van der Waals surface area contributed by atoms with Crippen LogP contribution in [0.1, 0.15) is 41.7 Å². The van der Waals surface area contributed by atoms with E-state index >= 15 is 0 Å². The SMILES string of the molecule is COc1cc2c(cc1-c1ccc(C)s1)-c1c(c(C(=O)NCC(C)(C)C)nn1-c1ccsc1)CO2. The number of ether oxygens (including phenoxy) is 2. The van der Waals surface area contributed by atoms with E-state index in [0.717, 1.165) is 44.4 Å². The van der Waals surface area contributed by atoms with Crippen molar-refractivity contribution in [1.82, 2.24) is 15.1 Å². The number of fused-ring (bicyclic) bond motifs is 3. The Kier molecular flexibility index (Phi) is 5.73. The largest absolute Gasteiger partial charge is 0.496 e. The van der Waals surface area contributed by atoms with Gasteiger partial charge >= 0.3 is 0 Å². The fourth-order valence-corrected chi connectivity index (χ4v) is 5.50. The summed E-state index contributed by atoms with van der Waals surface area (Å²) in [5.74, 6) is 1.29. The highest BCUT2D eigenvalue weighted by molar-refractivity contribution is 7.15. The van der Waals surface area contributed by atoms with Gasteiger partial charge in [-0.2, -0.15) is 16.4 Å². The first-order valence-electron chi connectivity index (χ1n) is 11.1. The number of methoxy groups -OCH3 is 1. The zero-order valence-corrected chi connectivity index (χ0v) is 21.5. The smallest absolute Gasteiger partial charge is 0.272 e. The van der Waals surface area contributed by atoms with E-state index in [1.165, 1.54) is 4.88 Å². The standard InChI is InChI=1S/C26H27N3O3S2/c1-15-6-7-22(34-15)17-10-18-21(11-20(17)31-5)32-12-19-23(25(30)27-14-26(2,3)4)28-29(24(18)19)16-8-9-33-13-16/h6-11,13H,12,14H2,1-5H3,(H,27,30). The van der Waals surface area contributed by atoms with Crippen LogP contribution in [-0.2, 0) is 6.61 Å². The highest BCUT2D eigenvalue weighted by Gasteiger charge is 2.32. The van der Waals surface area contributed by atoms with E-state index in [0.29, 0.717) is 12.2 Å². The first kappa shape index (κ1) is 22.7. The molecule has 34 heavy (non-hydrogen) atoms. The molecule has 1 aromatic carbocycles. The maximum Gasteiger partial charge on any atom is 0.272 e. The number of rotatable bonds is 5. The molecule has 1 N–H and O–H groups in total. The molecule has 0 unspecified atom stereocenters. The number of hydrogen-bond acceptors (Lipinski definition) is 6. The van der Waals surface area contributed by atoms with Crippen LogP contribution in [0.25, 0.3) is 27.4 Å². The predicted molar refractivity (Wildman–Crippen MR) is 138 cm³/mol. The molecule has 0 fully saturated rings. The predicted octanol–water partition coefficient (Wildman–Crippen LogP) is 6.31. The molecule has 5 rings (SSSR count). The Balaban J connectivity index is 1.68. The molecule has 0 radical (unpaired) electrons. The Bertz CT molecular complexity index is 1360. The van der Waals surface area contributed by atoms with Crippen LogP contribution in [0.2, 0.25) is 0 Å². The highest BCUT2D eigenvalue weighted by Crippen LogP contribution is 2.47. The Morgan fingerprint density at radius 3 is 2.71 bits per heavy atom. The van der Waals surface area contributed by atoms with Gasteiger partial charge in [-0.05, 0) is 42.0 Å². The fraction of sp³-hybridized carbons (Fsp3) is 0.308. The van der Waals surface area contributed by atoms with E-state index in [2.05, 4.69) is 51.2 Å². The van der Waals surface area contributed by atoms with Gasteiger partial charge in [0.2, 0.25) is 0 Å². The number of thiophene rings is 2. The summed E-state index contributed by atoms with van der Waals surface area (Å²) in [4.78, 5) is 15.5. The van der Waals surface area contributed by atoms with E-state index in [4.69, 9.17) is 14.6 Å². The van der Waals surface area contributed by atoms with Crippen LogP contribution in [0.3, 0.4) is 0 Å². The number of aromatic nitrogens is 2. The van der Waals surface area contributed by atoms with Gasteiger partial charge in [0.1, 0.15) is 18.1 Å². The molecule has 0 saturated heterocycles. The summed E-state index contributed by atoms with van der Waals surface area (Å²) in [5.41, 5.74) is 4.87. The minimum atomic E-state index is -0.185. The Morgan fingerprint density at radius 2 is 2.06 bits per heavy atom. The summed E-state index contributed by atoms with van der Waals surface area (Å²) in [6.45, 7) is 9.19. The van der Waals surface area contributed by atoms with Crippen molar-refractivity contribution < 1.29 is 14.3 Å². The van der Waals surface area contributed by atoms with E-state index in [1.54, 1.807) is 29.8 Å². The molecule has 0 saturated carbocycles. The Hall–Kier alpha value is -3.10. The second-order valence-corrected chi connectivity index (χ2v) is 11.6. The first-order valence-corrected chi connectivity index (χ1v) is 12.9. The molecule has 0 atom stereocenters. The molecule has 3 aromatic heterocycles. The van der Waals surface area contributed by atoms with Crippen LogP contribution in [0, 0.1) is 12.3 Å². The van der Waals surface area contributed by atoms with Crippen LogP contribution in [0.5, 0.6) is 11.5 Å². The van der Waals surface area contributed by atoms with Gasteiger partial charge in [-0.3, -0.25) is 4.79 Å². The molecular formula is C26H27N3O3S2. The average molecular weight is 494 g/mol. The average Bonchev–Trinajstić information content (AvgIpc) is 3.55. The second kappa shape index (κ2) is 8.60. The zero-order valence-electron chi connectivity index (χ0n) is 19.9. The van der Waals surface area contributed by atoms with E-state index in [-0.39, 0.29) is 17.9 Å². The summed E-state index contributed by atoms with van der Waals surface area (Å²) >= 11 is 3.31. The molecule has 8 heteroatoms. The lowest BCUT2D eigenvalue weighted by Crippen LogP contribution is -2.33. The van der Waals surface area contributed by atoms with E-state index < -0.39 is 0 Å². The summed E-state index contributed by atoms with van der Waals surface area (Å²) in [6.07, 6.45) is 0. The van der Waals surface area contributed by atoms with Gasteiger partial charge in [0, 0.05) is 44.4 Å². The lowest BCUT2D eigenvalue weighted by atomic mass is 9.96. The quantitative estimate of drug-likeness (QED) is 0.354. The third-order valence-corrected chi connectivity index (χ3v) is 7.37. The van der Waals surface area contributed by atoms with Crippen molar-refractivity contribution in [1.29, 1.82) is 0 Å². The lowest BCUT2D eigenvalue weighted by molar-refractivity contribution is 0.0931. The highest BCUT2D eigenvalue weighted by atomic mass is 32.1. The van der Waals surface area contributed by atoms with Crippen LogP contribution >= 0.6 is 22.7 Å². The molecule has 0 bridgehead atoms. The maximum atomic E-state index is 13.2. The number of carbonyl (C=O) groups is 1. The molecule has 1 aliphatic rings. The van der Waals surface area contributed by atoms with Gasteiger partial charge < -0.3 is 14.8 Å². The number of carbonyl (C=O) groups excluding carboxylic acids is 1. The fourth-order valence-electron chi connectivity index (χ4n) is 4.00. The van der Waals surface area contributed by atoms with Crippen LogP contribution in [-0.4, -0.2) is 29.3 Å². The first-order chi connectivity index (χ1) is 16.2. The third kappa shape index (κ3) is 4.12. The number of nitrogens with one attached hydrogen (secondary N) is 1. The normalized spacial score (nSPS) is 12.6. The molecule has 1 amide bonds. The molecule has 176 valence electrons. The van der Waals surface area contributed by atoms with Crippen molar-refractivity contribution in [2.24, 2.45) is 5.41 Å². The molecule has 6 nitrogen and oxygen atoms in total. The number of benzene rings is 1. The molecule has 0 spiro atoms. The Labute approximate surface area is 207 Å². The minimum Gasteiger partial charge on any atom is -0.496 e. The summed E-state index contributed by atoms with van der Waals surface area (Å²) < 4.78 is 13.7. The Morgan fingerprint density at radius 1 is 1.24 bits per heavy atom. The molecule has 4 aromatic rings. The summed E-state index contributed by atoms with van der Waals surface area (Å²) in [6, 6.07) is 10.3. The third-order valence-electron chi connectivity index (χ3n) is 5.66. The molecule has 1 aliphatic heterocycles.